The molecule has 2 heterocycles. The molecular formula is C15H13F4N5OS. The van der Waals surface area contributed by atoms with Gasteiger partial charge in [-0.1, -0.05) is 28.5 Å². The molecule has 1 aromatic carbocycles. The highest BCUT2D eigenvalue weighted by Gasteiger charge is 2.38. The standard InChI is InChI=1S/C15H13F4N5OS/c1-3-24-13(15(17,18)19)21-22-14(24)26-7-11-20-12(25-23-11)9-6-8(2)4-5-10(9)16/h4-6H,3,7H2,1-2H3. The molecule has 0 fully saturated rings. The van der Waals surface area contributed by atoms with Crippen molar-refractivity contribution in [2.45, 2.75) is 37.5 Å². The van der Waals surface area contributed by atoms with Crippen LogP contribution in [0.1, 0.15) is 24.1 Å². The molecule has 0 aliphatic carbocycles. The highest BCUT2D eigenvalue weighted by Crippen LogP contribution is 2.31. The van der Waals surface area contributed by atoms with Crippen LogP contribution in [0.15, 0.2) is 27.9 Å². The third-order valence-electron chi connectivity index (χ3n) is 3.44. The van der Waals surface area contributed by atoms with Crippen molar-refractivity contribution < 1.29 is 22.1 Å². The van der Waals surface area contributed by atoms with E-state index in [1.54, 1.807) is 26.0 Å². The smallest absolute Gasteiger partial charge is 0.334 e. The predicted molar refractivity (Wildman–Crippen MR) is 84.7 cm³/mol. The zero-order valence-corrected chi connectivity index (χ0v) is 14.5. The fourth-order valence-electron chi connectivity index (χ4n) is 2.24. The van der Waals surface area contributed by atoms with E-state index in [0.717, 1.165) is 21.9 Å². The average Bonchev–Trinajstić information content (AvgIpc) is 3.20. The quantitative estimate of drug-likeness (QED) is 0.485. The minimum atomic E-state index is -4.58. The van der Waals surface area contributed by atoms with Gasteiger partial charge in [0.05, 0.1) is 11.3 Å². The number of aromatic nitrogens is 5. The van der Waals surface area contributed by atoms with Crippen LogP contribution in [0.4, 0.5) is 17.6 Å². The summed E-state index contributed by atoms with van der Waals surface area (Å²) in [4.78, 5) is 4.09. The van der Waals surface area contributed by atoms with Crippen LogP contribution in [0.3, 0.4) is 0 Å². The first-order valence-electron chi connectivity index (χ1n) is 7.52. The van der Waals surface area contributed by atoms with E-state index in [1.807, 2.05) is 0 Å². The maximum atomic E-state index is 13.9. The molecule has 26 heavy (non-hydrogen) atoms. The summed E-state index contributed by atoms with van der Waals surface area (Å²) in [6.07, 6.45) is -4.58. The summed E-state index contributed by atoms with van der Waals surface area (Å²) in [5, 5.41) is 10.6. The molecule has 2 aromatic heterocycles. The largest absolute Gasteiger partial charge is 0.451 e. The molecule has 0 radical (unpaired) electrons. The summed E-state index contributed by atoms with van der Waals surface area (Å²) < 4.78 is 58.5. The van der Waals surface area contributed by atoms with E-state index in [4.69, 9.17) is 4.52 Å². The van der Waals surface area contributed by atoms with Gasteiger partial charge in [0.1, 0.15) is 5.82 Å². The molecule has 3 aromatic rings. The first-order chi connectivity index (χ1) is 12.3. The molecule has 0 spiro atoms. The molecule has 138 valence electrons. The van der Waals surface area contributed by atoms with Crippen LogP contribution >= 0.6 is 11.8 Å². The van der Waals surface area contributed by atoms with Crippen LogP contribution in [-0.2, 0) is 18.5 Å². The maximum absolute atomic E-state index is 13.9. The Morgan fingerprint density at radius 1 is 1.23 bits per heavy atom. The molecule has 6 nitrogen and oxygen atoms in total. The number of benzene rings is 1. The van der Waals surface area contributed by atoms with Gasteiger partial charge in [0.25, 0.3) is 5.89 Å². The molecule has 0 N–H and O–H groups in total. The van der Waals surface area contributed by atoms with Gasteiger partial charge in [0.2, 0.25) is 5.82 Å². The number of halogens is 4. The second-order valence-electron chi connectivity index (χ2n) is 5.34. The lowest BCUT2D eigenvalue weighted by molar-refractivity contribution is -0.147. The third-order valence-corrected chi connectivity index (χ3v) is 4.40. The maximum Gasteiger partial charge on any atom is 0.451 e. The van der Waals surface area contributed by atoms with Gasteiger partial charge in [0.15, 0.2) is 11.0 Å². The van der Waals surface area contributed by atoms with Crippen LogP contribution in [0.5, 0.6) is 0 Å². The van der Waals surface area contributed by atoms with Crippen LogP contribution < -0.4 is 0 Å². The van der Waals surface area contributed by atoms with E-state index in [2.05, 4.69) is 20.3 Å². The van der Waals surface area contributed by atoms with E-state index < -0.39 is 17.8 Å². The monoisotopic (exact) mass is 387 g/mol. The zero-order valence-electron chi connectivity index (χ0n) is 13.7. The van der Waals surface area contributed by atoms with Crippen molar-refractivity contribution in [1.29, 1.82) is 0 Å². The molecule has 0 saturated carbocycles. The lowest BCUT2D eigenvalue weighted by Crippen LogP contribution is -2.14. The highest BCUT2D eigenvalue weighted by molar-refractivity contribution is 7.98. The van der Waals surface area contributed by atoms with E-state index >= 15 is 0 Å². The summed E-state index contributed by atoms with van der Waals surface area (Å²) in [5.74, 6) is -1.23. The molecule has 0 amide bonds. The Morgan fingerprint density at radius 3 is 2.69 bits per heavy atom. The summed E-state index contributed by atoms with van der Waals surface area (Å²) in [6.45, 7) is 3.43. The molecule has 0 atom stereocenters. The summed E-state index contributed by atoms with van der Waals surface area (Å²) >= 11 is 0.988. The van der Waals surface area contributed by atoms with Gasteiger partial charge in [-0.3, -0.25) is 4.57 Å². The van der Waals surface area contributed by atoms with Gasteiger partial charge >= 0.3 is 6.18 Å². The Labute approximate surface area is 149 Å². The molecule has 0 saturated heterocycles. The lowest BCUT2D eigenvalue weighted by atomic mass is 10.1. The fourth-order valence-corrected chi connectivity index (χ4v) is 3.09. The fraction of sp³-hybridized carbons (Fsp3) is 0.333. The zero-order chi connectivity index (χ0) is 18.9. The van der Waals surface area contributed by atoms with E-state index in [9.17, 15) is 17.6 Å². The van der Waals surface area contributed by atoms with Crippen molar-refractivity contribution in [2.24, 2.45) is 0 Å². The van der Waals surface area contributed by atoms with Crippen molar-refractivity contribution in [3.63, 3.8) is 0 Å². The summed E-state index contributed by atoms with van der Waals surface area (Å²) in [6, 6.07) is 4.48. The van der Waals surface area contributed by atoms with Crippen LogP contribution in [-0.4, -0.2) is 24.9 Å². The van der Waals surface area contributed by atoms with Crippen LogP contribution in [0, 0.1) is 12.7 Å². The minimum Gasteiger partial charge on any atom is -0.334 e. The minimum absolute atomic E-state index is 0.00902. The normalized spacial score (nSPS) is 11.9. The van der Waals surface area contributed by atoms with E-state index in [-0.39, 0.29) is 34.7 Å². The van der Waals surface area contributed by atoms with Crippen molar-refractivity contribution in [2.75, 3.05) is 0 Å². The number of rotatable bonds is 5. The molecule has 0 aliphatic rings. The van der Waals surface area contributed by atoms with Gasteiger partial charge in [0, 0.05) is 6.54 Å². The molecular weight excluding hydrogens is 374 g/mol. The van der Waals surface area contributed by atoms with Gasteiger partial charge < -0.3 is 4.52 Å². The van der Waals surface area contributed by atoms with Crippen LogP contribution in [0.25, 0.3) is 11.5 Å². The third kappa shape index (κ3) is 3.71. The second-order valence-corrected chi connectivity index (χ2v) is 6.28. The van der Waals surface area contributed by atoms with Gasteiger partial charge in [-0.15, -0.1) is 10.2 Å². The number of thioether (sulfide) groups is 1. The average molecular weight is 387 g/mol. The first-order valence-corrected chi connectivity index (χ1v) is 8.50. The van der Waals surface area contributed by atoms with E-state index in [1.165, 1.54) is 6.07 Å². The second kappa shape index (κ2) is 7.06. The topological polar surface area (TPSA) is 69.6 Å². The Kier molecular flexibility index (Phi) is 4.99. The summed E-state index contributed by atoms with van der Waals surface area (Å²) in [7, 11) is 0. The SMILES string of the molecule is CCn1c(SCc2noc(-c3cc(C)ccc3F)n2)nnc1C(F)(F)F. The predicted octanol–water partition coefficient (Wildman–Crippen LogP) is 4.11. The summed E-state index contributed by atoms with van der Waals surface area (Å²) in [5.41, 5.74) is 0.996. The van der Waals surface area contributed by atoms with Crippen molar-refractivity contribution in [1.82, 2.24) is 24.9 Å². The lowest BCUT2D eigenvalue weighted by Gasteiger charge is -2.08. The Morgan fingerprint density at radius 2 is 2.00 bits per heavy atom. The molecule has 0 aliphatic heterocycles. The number of nitrogens with zero attached hydrogens (tertiary/aromatic N) is 5. The van der Waals surface area contributed by atoms with Gasteiger partial charge in [-0.2, -0.15) is 18.2 Å². The van der Waals surface area contributed by atoms with Gasteiger partial charge in [-0.25, -0.2) is 4.39 Å². The number of aryl methyl sites for hydroxylation is 1. The molecule has 0 unspecified atom stereocenters. The molecule has 11 heteroatoms. The van der Waals surface area contributed by atoms with Crippen LogP contribution in [0.2, 0.25) is 0 Å². The van der Waals surface area contributed by atoms with Crippen molar-refractivity contribution in [3.05, 3.63) is 41.2 Å². The van der Waals surface area contributed by atoms with Crippen molar-refractivity contribution >= 4 is 11.8 Å². The molecule has 3 rings (SSSR count). The number of alkyl halides is 3. The Balaban J connectivity index is 1.77. The Bertz CT molecular complexity index is 921. The Hall–Kier alpha value is -2.43. The molecule has 0 bridgehead atoms. The number of hydrogen-bond acceptors (Lipinski definition) is 6. The van der Waals surface area contributed by atoms with E-state index in [0.29, 0.717) is 0 Å². The van der Waals surface area contributed by atoms with Gasteiger partial charge in [-0.05, 0) is 26.0 Å². The first kappa shape index (κ1) is 18.4. The highest BCUT2D eigenvalue weighted by atomic mass is 32.2. The van der Waals surface area contributed by atoms with Crippen molar-refractivity contribution in [3.8, 4) is 11.5 Å². The number of hydrogen-bond donors (Lipinski definition) is 0.